The quantitative estimate of drug-likeness (QED) is 0.211. The van der Waals surface area contributed by atoms with Gasteiger partial charge in [0.15, 0.2) is 5.82 Å². The number of rotatable bonds is 12. The van der Waals surface area contributed by atoms with Crippen molar-refractivity contribution in [2.45, 2.75) is 64.2 Å². The maximum atomic E-state index is 9.66. The molecule has 0 aliphatic carbocycles. The van der Waals surface area contributed by atoms with E-state index in [0.717, 1.165) is 78.7 Å². The van der Waals surface area contributed by atoms with Crippen molar-refractivity contribution in [1.82, 2.24) is 19.9 Å². The Hall–Kier alpha value is -3.40. The lowest BCUT2D eigenvalue weighted by Crippen LogP contribution is -2.34. The van der Waals surface area contributed by atoms with Crippen LogP contribution in [0.4, 0.5) is 11.8 Å². The van der Waals surface area contributed by atoms with Crippen LogP contribution in [0.5, 0.6) is 5.75 Å². The zero-order chi connectivity index (χ0) is 27.2. The lowest BCUT2D eigenvalue weighted by atomic mass is 10.1. The SMILES string of the molecule is CCC[C@@H](CCO)Nc1nc(N)nc2c3ccccc3n(Cc3cc(CNC4CCOCC4)ccc3OC)c12. The average Bonchev–Trinajstić information content (AvgIpc) is 3.26. The Morgan fingerprint density at radius 2 is 1.97 bits per heavy atom. The predicted octanol–water partition coefficient (Wildman–Crippen LogP) is 4.46. The maximum absolute atomic E-state index is 9.66. The molecule has 1 atom stereocenters. The van der Waals surface area contributed by atoms with Gasteiger partial charge in [0.2, 0.25) is 5.95 Å². The van der Waals surface area contributed by atoms with E-state index in [4.69, 9.17) is 15.2 Å². The van der Waals surface area contributed by atoms with Crippen LogP contribution in [0.25, 0.3) is 21.9 Å². The van der Waals surface area contributed by atoms with Crippen LogP contribution in [0.2, 0.25) is 0 Å². The molecule has 1 fully saturated rings. The van der Waals surface area contributed by atoms with Crippen molar-refractivity contribution in [3.8, 4) is 5.75 Å². The molecule has 0 unspecified atom stereocenters. The van der Waals surface area contributed by atoms with E-state index in [9.17, 15) is 5.11 Å². The summed E-state index contributed by atoms with van der Waals surface area (Å²) < 4.78 is 13.6. The number of fused-ring (bicyclic) bond motifs is 3. The molecule has 0 saturated carbocycles. The molecule has 39 heavy (non-hydrogen) atoms. The van der Waals surface area contributed by atoms with Crippen LogP contribution in [0.15, 0.2) is 42.5 Å². The number of nitrogens with zero attached hydrogens (tertiary/aromatic N) is 3. The number of hydrogen-bond donors (Lipinski definition) is 4. The second-order valence-electron chi connectivity index (χ2n) is 10.3. The third-order valence-corrected chi connectivity index (χ3v) is 7.57. The summed E-state index contributed by atoms with van der Waals surface area (Å²) in [6.07, 6.45) is 4.63. The van der Waals surface area contributed by atoms with Crippen LogP contribution in [0.1, 0.15) is 50.2 Å². The van der Waals surface area contributed by atoms with Gasteiger partial charge in [0.25, 0.3) is 0 Å². The van der Waals surface area contributed by atoms with Crippen molar-refractivity contribution in [2.24, 2.45) is 0 Å². The number of aromatic nitrogens is 3. The lowest BCUT2D eigenvalue weighted by molar-refractivity contribution is 0.0776. The number of benzene rings is 2. The second kappa shape index (κ2) is 12.6. The van der Waals surface area contributed by atoms with Gasteiger partial charge in [0.05, 0.1) is 19.2 Å². The number of para-hydroxylation sites is 1. The summed E-state index contributed by atoms with van der Waals surface area (Å²) >= 11 is 0. The molecule has 208 valence electrons. The van der Waals surface area contributed by atoms with E-state index in [1.807, 2.05) is 12.1 Å². The fourth-order valence-corrected chi connectivity index (χ4v) is 5.60. The number of aliphatic hydroxyl groups is 1. The Bertz CT molecular complexity index is 1390. The van der Waals surface area contributed by atoms with Gasteiger partial charge in [-0.25, -0.2) is 4.98 Å². The topological polar surface area (TPSA) is 119 Å². The van der Waals surface area contributed by atoms with E-state index in [1.54, 1.807) is 7.11 Å². The molecule has 0 radical (unpaired) electrons. The van der Waals surface area contributed by atoms with Crippen LogP contribution in [0, 0.1) is 0 Å². The molecule has 0 bridgehead atoms. The zero-order valence-corrected chi connectivity index (χ0v) is 22.9. The molecule has 1 aliphatic heterocycles. The van der Waals surface area contributed by atoms with E-state index in [2.05, 4.69) is 62.4 Å². The number of methoxy groups -OCH3 is 1. The molecule has 2 aromatic heterocycles. The first-order valence-corrected chi connectivity index (χ1v) is 14.0. The number of nitrogen functional groups attached to an aromatic ring is 1. The summed E-state index contributed by atoms with van der Waals surface area (Å²) in [6.45, 7) is 5.26. The van der Waals surface area contributed by atoms with Crippen LogP contribution in [-0.2, 0) is 17.8 Å². The molecule has 4 aromatic rings. The molecular weight excluding hydrogens is 492 g/mol. The van der Waals surface area contributed by atoms with Crippen molar-refractivity contribution >= 4 is 33.7 Å². The van der Waals surface area contributed by atoms with Crippen molar-refractivity contribution < 1.29 is 14.6 Å². The van der Waals surface area contributed by atoms with E-state index in [1.165, 1.54) is 5.56 Å². The maximum Gasteiger partial charge on any atom is 0.222 e. The van der Waals surface area contributed by atoms with Crippen LogP contribution >= 0.6 is 0 Å². The summed E-state index contributed by atoms with van der Waals surface area (Å²) in [5.41, 5.74) is 11.3. The van der Waals surface area contributed by atoms with Gasteiger partial charge in [0, 0.05) is 49.4 Å². The Balaban J connectivity index is 1.55. The summed E-state index contributed by atoms with van der Waals surface area (Å²) in [5, 5.41) is 18.0. The first kappa shape index (κ1) is 27.2. The molecule has 9 nitrogen and oxygen atoms in total. The first-order valence-electron chi connectivity index (χ1n) is 14.0. The van der Waals surface area contributed by atoms with E-state index in [0.29, 0.717) is 24.8 Å². The first-order chi connectivity index (χ1) is 19.1. The minimum atomic E-state index is 0.0816. The van der Waals surface area contributed by atoms with Crippen LogP contribution in [-0.4, -0.2) is 58.7 Å². The van der Waals surface area contributed by atoms with Gasteiger partial charge in [-0.2, -0.15) is 4.98 Å². The predicted molar refractivity (Wildman–Crippen MR) is 156 cm³/mol. The van der Waals surface area contributed by atoms with Crippen LogP contribution < -0.4 is 21.1 Å². The van der Waals surface area contributed by atoms with Gasteiger partial charge in [-0.3, -0.25) is 0 Å². The number of nitrogens with one attached hydrogen (secondary N) is 2. The zero-order valence-electron chi connectivity index (χ0n) is 22.9. The lowest BCUT2D eigenvalue weighted by Gasteiger charge is -2.23. The largest absolute Gasteiger partial charge is 0.496 e. The van der Waals surface area contributed by atoms with Gasteiger partial charge in [-0.05, 0) is 49.4 Å². The highest BCUT2D eigenvalue weighted by Gasteiger charge is 2.21. The molecule has 2 aromatic carbocycles. The van der Waals surface area contributed by atoms with E-state index < -0.39 is 0 Å². The van der Waals surface area contributed by atoms with Crippen molar-refractivity contribution in [3.05, 3.63) is 53.6 Å². The number of nitrogens with two attached hydrogens (primary N) is 1. The molecular formula is C30H40N6O3. The fraction of sp³-hybridized carbons (Fsp3) is 0.467. The van der Waals surface area contributed by atoms with Gasteiger partial charge in [-0.15, -0.1) is 0 Å². The normalized spacial score (nSPS) is 15.2. The number of ether oxygens (including phenoxy) is 2. The fourth-order valence-electron chi connectivity index (χ4n) is 5.60. The Morgan fingerprint density at radius 1 is 1.15 bits per heavy atom. The Labute approximate surface area is 229 Å². The summed E-state index contributed by atoms with van der Waals surface area (Å²) in [7, 11) is 1.71. The average molecular weight is 533 g/mol. The Kier molecular flexibility index (Phi) is 8.81. The molecule has 1 saturated heterocycles. The third-order valence-electron chi connectivity index (χ3n) is 7.57. The van der Waals surface area contributed by atoms with Crippen LogP contribution in [0.3, 0.4) is 0 Å². The van der Waals surface area contributed by atoms with Gasteiger partial charge in [0.1, 0.15) is 16.8 Å². The highest BCUT2D eigenvalue weighted by molar-refractivity contribution is 6.09. The summed E-state index contributed by atoms with van der Waals surface area (Å²) in [4.78, 5) is 9.32. The van der Waals surface area contributed by atoms with Gasteiger partial charge >= 0.3 is 0 Å². The monoisotopic (exact) mass is 532 g/mol. The highest BCUT2D eigenvalue weighted by Crippen LogP contribution is 2.34. The number of aliphatic hydroxyl groups excluding tert-OH is 1. The molecule has 0 spiro atoms. The minimum Gasteiger partial charge on any atom is -0.496 e. The summed E-state index contributed by atoms with van der Waals surface area (Å²) in [5.74, 6) is 1.76. The Morgan fingerprint density at radius 3 is 2.74 bits per heavy atom. The van der Waals surface area contributed by atoms with Crippen molar-refractivity contribution in [2.75, 3.05) is 38.0 Å². The highest BCUT2D eigenvalue weighted by atomic mass is 16.5. The van der Waals surface area contributed by atoms with Gasteiger partial charge in [-0.1, -0.05) is 37.6 Å². The standard InChI is InChI=1S/C30H40N6O3/c1-3-6-23(11-14-37)33-29-28-27(34-30(31)35-29)24-7-4-5-8-25(24)36(28)19-21-17-20(9-10-26(21)38-2)18-32-22-12-15-39-16-13-22/h4-5,7-10,17,22-23,32,37H,3,6,11-16,18-19H2,1-2H3,(H3,31,33,34,35)/t23-/m0/s1. The number of hydrogen-bond acceptors (Lipinski definition) is 8. The smallest absolute Gasteiger partial charge is 0.222 e. The minimum absolute atomic E-state index is 0.0816. The van der Waals surface area contributed by atoms with Crippen molar-refractivity contribution in [3.63, 3.8) is 0 Å². The molecule has 5 N–H and O–H groups in total. The molecule has 5 rings (SSSR count). The number of anilines is 2. The van der Waals surface area contributed by atoms with Gasteiger partial charge < -0.3 is 35.5 Å². The molecule has 9 heteroatoms. The second-order valence-corrected chi connectivity index (χ2v) is 10.3. The summed E-state index contributed by atoms with van der Waals surface area (Å²) in [6, 6.07) is 15.2. The molecule has 1 aliphatic rings. The molecule has 3 heterocycles. The van der Waals surface area contributed by atoms with E-state index in [-0.39, 0.29) is 18.6 Å². The van der Waals surface area contributed by atoms with E-state index >= 15 is 0 Å². The third kappa shape index (κ3) is 6.11. The molecule has 0 amide bonds. The van der Waals surface area contributed by atoms with Crippen molar-refractivity contribution in [1.29, 1.82) is 0 Å².